The first kappa shape index (κ1) is 25.5. The molecule has 0 unspecified atom stereocenters. The Morgan fingerprint density at radius 1 is 0.771 bits per heavy atom. The Morgan fingerprint density at radius 2 is 1.40 bits per heavy atom. The second-order valence-corrected chi connectivity index (χ2v) is 7.71. The molecular weight excluding hydrogens is 446 g/mol. The lowest BCUT2D eigenvalue weighted by atomic mass is 9.98. The third-order valence-corrected chi connectivity index (χ3v) is 5.21. The summed E-state index contributed by atoms with van der Waals surface area (Å²) in [5, 5.41) is 0. The Bertz CT molecular complexity index is 1180. The second kappa shape index (κ2) is 12.4. The van der Waals surface area contributed by atoms with Crippen LogP contribution in [-0.4, -0.2) is 49.4 Å². The van der Waals surface area contributed by atoms with E-state index in [1.807, 2.05) is 44.2 Å². The number of carbonyl (C=O) groups is 3. The summed E-state index contributed by atoms with van der Waals surface area (Å²) in [6.45, 7) is 4.54. The normalized spacial score (nSPS) is 10.4. The Kier molecular flexibility index (Phi) is 9.01. The number of benzene rings is 3. The zero-order valence-corrected chi connectivity index (χ0v) is 20.2. The molecule has 0 radical (unpaired) electrons. The van der Waals surface area contributed by atoms with Crippen molar-refractivity contribution in [3.05, 3.63) is 95.1 Å². The number of ether oxygens (including phenoxy) is 3. The van der Waals surface area contributed by atoms with E-state index < -0.39 is 12.6 Å². The van der Waals surface area contributed by atoms with Crippen LogP contribution >= 0.6 is 0 Å². The smallest absolute Gasteiger partial charge is 0.339 e. The summed E-state index contributed by atoms with van der Waals surface area (Å²) < 4.78 is 16.4. The fourth-order valence-corrected chi connectivity index (χ4v) is 3.47. The molecule has 3 rings (SSSR count). The number of hydrogen-bond acceptors (Lipinski definition) is 6. The molecule has 7 nitrogen and oxygen atoms in total. The first-order valence-electron chi connectivity index (χ1n) is 11.4. The molecule has 182 valence electrons. The highest BCUT2D eigenvalue weighted by molar-refractivity contribution is 6.14. The number of hydrogen-bond donors (Lipinski definition) is 0. The van der Waals surface area contributed by atoms with Crippen molar-refractivity contribution in [3.63, 3.8) is 0 Å². The molecule has 0 fully saturated rings. The van der Waals surface area contributed by atoms with Gasteiger partial charge in [-0.2, -0.15) is 0 Å². The van der Waals surface area contributed by atoms with Gasteiger partial charge < -0.3 is 19.1 Å². The van der Waals surface area contributed by atoms with Crippen LogP contribution in [0.1, 0.15) is 45.7 Å². The topological polar surface area (TPSA) is 82.1 Å². The van der Waals surface area contributed by atoms with E-state index >= 15 is 0 Å². The number of nitrogens with zero attached hydrogens (tertiary/aromatic N) is 1. The molecule has 0 aliphatic rings. The molecule has 35 heavy (non-hydrogen) atoms. The van der Waals surface area contributed by atoms with Crippen molar-refractivity contribution >= 4 is 17.7 Å². The van der Waals surface area contributed by atoms with Crippen molar-refractivity contribution in [1.29, 1.82) is 0 Å². The molecule has 7 heteroatoms. The highest BCUT2D eigenvalue weighted by Gasteiger charge is 2.22. The standard InChI is InChI=1S/C28H29NO6/c1-4-33-24-16-15-21(17-25(24)34-5-2)27(31)22-13-9-10-14-23(22)28(32)35-19-26(30)29(3)18-20-11-7-6-8-12-20/h6-17H,4-5,18-19H2,1-3H3. The molecule has 0 atom stereocenters. The fourth-order valence-electron chi connectivity index (χ4n) is 3.47. The third-order valence-electron chi connectivity index (χ3n) is 5.21. The lowest BCUT2D eigenvalue weighted by Gasteiger charge is -2.17. The number of carbonyl (C=O) groups excluding carboxylic acids is 3. The van der Waals surface area contributed by atoms with Gasteiger partial charge in [0.15, 0.2) is 23.9 Å². The van der Waals surface area contributed by atoms with Crippen LogP contribution in [0, 0.1) is 0 Å². The molecule has 1 amide bonds. The van der Waals surface area contributed by atoms with Crippen molar-refractivity contribution in [1.82, 2.24) is 4.90 Å². The van der Waals surface area contributed by atoms with Gasteiger partial charge in [0.1, 0.15) is 0 Å². The Morgan fingerprint density at radius 3 is 2.09 bits per heavy atom. The van der Waals surface area contributed by atoms with Gasteiger partial charge in [-0.05, 0) is 43.7 Å². The average Bonchev–Trinajstić information content (AvgIpc) is 2.88. The van der Waals surface area contributed by atoms with Crippen molar-refractivity contribution in [2.75, 3.05) is 26.9 Å². The van der Waals surface area contributed by atoms with Crippen molar-refractivity contribution < 1.29 is 28.6 Å². The first-order chi connectivity index (χ1) is 16.9. The summed E-state index contributed by atoms with van der Waals surface area (Å²) >= 11 is 0. The third kappa shape index (κ3) is 6.69. The molecular formula is C28H29NO6. The molecule has 0 bridgehead atoms. The lowest BCUT2D eigenvalue weighted by Crippen LogP contribution is -2.31. The van der Waals surface area contributed by atoms with E-state index in [2.05, 4.69) is 0 Å². The Hall–Kier alpha value is -4.13. The first-order valence-corrected chi connectivity index (χ1v) is 11.4. The summed E-state index contributed by atoms with van der Waals surface area (Å²) in [4.78, 5) is 40.0. The van der Waals surface area contributed by atoms with E-state index in [0.717, 1.165) is 5.56 Å². The van der Waals surface area contributed by atoms with Crippen molar-refractivity contribution in [3.8, 4) is 11.5 Å². The van der Waals surface area contributed by atoms with Gasteiger partial charge in [0.2, 0.25) is 0 Å². The van der Waals surface area contributed by atoms with Gasteiger partial charge in [-0.25, -0.2) is 4.79 Å². The molecule has 0 N–H and O–H groups in total. The SMILES string of the molecule is CCOc1ccc(C(=O)c2ccccc2C(=O)OCC(=O)N(C)Cc2ccccc2)cc1OCC. The predicted octanol–water partition coefficient (Wildman–Crippen LogP) is 4.53. The molecule has 0 saturated carbocycles. The van der Waals surface area contributed by atoms with Crippen LogP contribution in [0.3, 0.4) is 0 Å². The summed E-state index contributed by atoms with van der Waals surface area (Å²) in [6, 6.07) is 20.8. The molecule has 0 aliphatic carbocycles. The minimum absolute atomic E-state index is 0.0860. The zero-order chi connectivity index (χ0) is 25.2. The summed E-state index contributed by atoms with van der Waals surface area (Å²) in [7, 11) is 1.64. The molecule has 0 aromatic heterocycles. The Balaban J connectivity index is 1.72. The van der Waals surface area contributed by atoms with Gasteiger partial charge in [-0.3, -0.25) is 9.59 Å². The summed E-state index contributed by atoms with van der Waals surface area (Å²) in [6.07, 6.45) is 0. The zero-order valence-electron chi connectivity index (χ0n) is 20.2. The fraction of sp³-hybridized carbons (Fsp3) is 0.250. The van der Waals surface area contributed by atoms with Crippen LogP contribution in [-0.2, 0) is 16.1 Å². The van der Waals surface area contributed by atoms with Crippen LogP contribution in [0.2, 0.25) is 0 Å². The van der Waals surface area contributed by atoms with Crippen molar-refractivity contribution in [2.24, 2.45) is 0 Å². The molecule has 0 spiro atoms. The number of amides is 1. The summed E-state index contributed by atoms with van der Waals surface area (Å²) in [5.41, 5.74) is 1.57. The minimum atomic E-state index is -0.744. The molecule has 0 saturated heterocycles. The summed E-state index contributed by atoms with van der Waals surface area (Å²) in [5.74, 6) is -0.469. The van der Waals surface area contributed by atoms with Gasteiger partial charge in [-0.1, -0.05) is 48.5 Å². The minimum Gasteiger partial charge on any atom is -0.490 e. The number of esters is 1. The van der Waals surface area contributed by atoms with E-state index in [1.165, 1.54) is 11.0 Å². The molecule has 0 heterocycles. The molecule has 0 aliphatic heterocycles. The van der Waals surface area contributed by atoms with Crippen LogP contribution in [0.25, 0.3) is 0 Å². The maximum absolute atomic E-state index is 13.3. The highest BCUT2D eigenvalue weighted by Crippen LogP contribution is 2.30. The monoisotopic (exact) mass is 475 g/mol. The number of ketones is 1. The average molecular weight is 476 g/mol. The van der Waals surface area contributed by atoms with Gasteiger partial charge in [0, 0.05) is 24.7 Å². The number of rotatable bonds is 11. The maximum Gasteiger partial charge on any atom is 0.339 e. The molecule has 3 aromatic carbocycles. The predicted molar refractivity (Wildman–Crippen MR) is 132 cm³/mol. The lowest BCUT2D eigenvalue weighted by molar-refractivity contribution is -0.133. The van der Waals surface area contributed by atoms with Gasteiger partial charge >= 0.3 is 5.97 Å². The van der Waals surface area contributed by atoms with E-state index in [1.54, 1.807) is 43.4 Å². The van der Waals surface area contributed by atoms with E-state index in [-0.39, 0.29) is 22.8 Å². The van der Waals surface area contributed by atoms with Crippen molar-refractivity contribution in [2.45, 2.75) is 20.4 Å². The Labute approximate surface area is 205 Å². The van der Waals surface area contributed by atoms with Gasteiger partial charge in [0.25, 0.3) is 5.91 Å². The maximum atomic E-state index is 13.3. The quantitative estimate of drug-likeness (QED) is 0.299. The largest absolute Gasteiger partial charge is 0.490 e. The second-order valence-electron chi connectivity index (χ2n) is 7.71. The van der Waals surface area contributed by atoms with E-state index in [4.69, 9.17) is 14.2 Å². The number of likely N-dealkylation sites (N-methyl/N-ethyl adjacent to an activating group) is 1. The van der Waals surface area contributed by atoms with Crippen LogP contribution in [0.5, 0.6) is 11.5 Å². The van der Waals surface area contributed by atoms with Crippen LogP contribution in [0.15, 0.2) is 72.8 Å². The molecule has 3 aromatic rings. The van der Waals surface area contributed by atoms with Gasteiger partial charge in [-0.15, -0.1) is 0 Å². The van der Waals surface area contributed by atoms with Gasteiger partial charge in [0.05, 0.1) is 18.8 Å². The van der Waals surface area contributed by atoms with Crippen LogP contribution < -0.4 is 9.47 Å². The van der Waals surface area contributed by atoms with E-state index in [0.29, 0.717) is 36.8 Å². The van der Waals surface area contributed by atoms with E-state index in [9.17, 15) is 14.4 Å². The highest BCUT2D eigenvalue weighted by atomic mass is 16.5. The van der Waals surface area contributed by atoms with Crippen LogP contribution in [0.4, 0.5) is 0 Å².